The van der Waals surface area contributed by atoms with E-state index < -0.39 is 6.04 Å². The number of amides is 2. The normalized spacial score (nSPS) is 12.6. The fourth-order valence-corrected chi connectivity index (χ4v) is 3.44. The highest BCUT2D eigenvalue weighted by Gasteiger charge is 2.29. The van der Waals surface area contributed by atoms with Crippen molar-refractivity contribution in [3.8, 4) is 5.75 Å². The minimum atomic E-state index is -0.548. The van der Waals surface area contributed by atoms with Gasteiger partial charge in [-0.2, -0.15) is 0 Å². The molecule has 6 heteroatoms. The molecule has 0 aliphatic rings. The highest BCUT2D eigenvalue weighted by atomic mass is 35.5. The van der Waals surface area contributed by atoms with Gasteiger partial charge in [-0.15, -0.1) is 0 Å². The van der Waals surface area contributed by atoms with Crippen molar-refractivity contribution in [2.24, 2.45) is 0 Å². The summed E-state index contributed by atoms with van der Waals surface area (Å²) >= 11 is 6.34. The van der Waals surface area contributed by atoms with Gasteiger partial charge >= 0.3 is 0 Å². The number of benzene rings is 2. The molecule has 0 radical (unpaired) electrons. The van der Waals surface area contributed by atoms with Crippen molar-refractivity contribution in [2.75, 3.05) is 6.61 Å². The lowest BCUT2D eigenvalue weighted by molar-refractivity contribution is -0.141. The standard InChI is InChI=1S/C25H33ClN2O3/c1-4-19(3)27-25(30)23(5-2)28(18-20-12-9-10-15-22(20)26)24(29)16-11-17-31-21-13-7-6-8-14-21/h6-10,12-15,19,23H,4-5,11,16-18H2,1-3H3,(H,27,30). The van der Waals surface area contributed by atoms with E-state index in [0.29, 0.717) is 37.4 Å². The van der Waals surface area contributed by atoms with Gasteiger partial charge in [0.15, 0.2) is 0 Å². The Labute approximate surface area is 190 Å². The quantitative estimate of drug-likeness (QED) is 0.456. The van der Waals surface area contributed by atoms with Gasteiger partial charge in [-0.05, 0) is 49.9 Å². The van der Waals surface area contributed by atoms with Crippen LogP contribution in [0.15, 0.2) is 54.6 Å². The Morgan fingerprint density at radius 3 is 2.35 bits per heavy atom. The highest BCUT2D eigenvalue weighted by Crippen LogP contribution is 2.21. The van der Waals surface area contributed by atoms with Crippen molar-refractivity contribution in [3.63, 3.8) is 0 Å². The van der Waals surface area contributed by atoms with Gasteiger partial charge in [-0.1, -0.05) is 61.8 Å². The smallest absolute Gasteiger partial charge is 0.243 e. The maximum absolute atomic E-state index is 13.2. The maximum Gasteiger partial charge on any atom is 0.243 e. The van der Waals surface area contributed by atoms with Gasteiger partial charge in [0.2, 0.25) is 11.8 Å². The number of hydrogen-bond acceptors (Lipinski definition) is 3. The number of para-hydroxylation sites is 1. The highest BCUT2D eigenvalue weighted by molar-refractivity contribution is 6.31. The molecule has 0 saturated heterocycles. The molecule has 2 unspecified atom stereocenters. The van der Waals surface area contributed by atoms with Crippen LogP contribution in [0.4, 0.5) is 0 Å². The number of halogens is 1. The Balaban J connectivity index is 2.08. The molecule has 2 amide bonds. The van der Waals surface area contributed by atoms with Crippen molar-refractivity contribution >= 4 is 23.4 Å². The Morgan fingerprint density at radius 2 is 1.71 bits per heavy atom. The van der Waals surface area contributed by atoms with E-state index in [9.17, 15) is 9.59 Å². The van der Waals surface area contributed by atoms with E-state index in [2.05, 4.69) is 5.32 Å². The summed E-state index contributed by atoms with van der Waals surface area (Å²) in [5, 5.41) is 3.60. The first-order chi connectivity index (χ1) is 15.0. The largest absolute Gasteiger partial charge is 0.494 e. The molecular formula is C25H33ClN2O3. The molecule has 0 bridgehead atoms. The molecule has 0 fully saturated rings. The SMILES string of the molecule is CCC(C)NC(=O)C(CC)N(Cc1ccccc1Cl)C(=O)CCCOc1ccccc1. The second-order valence-corrected chi connectivity index (χ2v) is 8.03. The topological polar surface area (TPSA) is 58.6 Å². The van der Waals surface area contributed by atoms with Gasteiger partial charge in [-0.3, -0.25) is 9.59 Å². The molecule has 2 aromatic rings. The monoisotopic (exact) mass is 444 g/mol. The minimum Gasteiger partial charge on any atom is -0.494 e. The summed E-state index contributed by atoms with van der Waals surface area (Å²) in [6, 6.07) is 16.5. The third-order valence-electron chi connectivity index (χ3n) is 5.23. The summed E-state index contributed by atoms with van der Waals surface area (Å²) in [6.07, 6.45) is 2.22. The van der Waals surface area contributed by atoms with Crippen molar-refractivity contribution in [2.45, 2.75) is 65.1 Å². The average Bonchev–Trinajstić information content (AvgIpc) is 2.78. The van der Waals surface area contributed by atoms with Crippen LogP contribution >= 0.6 is 11.6 Å². The average molecular weight is 445 g/mol. The molecule has 2 aromatic carbocycles. The maximum atomic E-state index is 13.2. The third kappa shape index (κ3) is 7.91. The van der Waals surface area contributed by atoms with Gasteiger partial charge in [0.1, 0.15) is 11.8 Å². The molecular weight excluding hydrogens is 412 g/mol. The van der Waals surface area contributed by atoms with Crippen LogP contribution in [0.2, 0.25) is 5.02 Å². The summed E-state index contributed by atoms with van der Waals surface area (Å²) in [5.41, 5.74) is 0.827. The Morgan fingerprint density at radius 1 is 1.03 bits per heavy atom. The lowest BCUT2D eigenvalue weighted by Gasteiger charge is -2.31. The summed E-state index contributed by atoms with van der Waals surface area (Å²) in [5.74, 6) is 0.572. The second-order valence-electron chi connectivity index (χ2n) is 7.62. The Hall–Kier alpha value is -2.53. The van der Waals surface area contributed by atoms with E-state index >= 15 is 0 Å². The van der Waals surface area contributed by atoms with Gasteiger partial charge in [-0.25, -0.2) is 0 Å². The summed E-state index contributed by atoms with van der Waals surface area (Å²) in [6.45, 7) is 6.64. The Kier molecular flexibility index (Phi) is 10.4. The van der Waals surface area contributed by atoms with Crippen LogP contribution in [0.1, 0.15) is 52.0 Å². The fraction of sp³-hybridized carbons (Fsp3) is 0.440. The van der Waals surface area contributed by atoms with Crippen LogP contribution in [0, 0.1) is 0 Å². The number of ether oxygens (including phenoxy) is 1. The number of carbonyl (C=O) groups is 2. The van der Waals surface area contributed by atoms with E-state index in [0.717, 1.165) is 17.7 Å². The van der Waals surface area contributed by atoms with E-state index in [-0.39, 0.29) is 17.9 Å². The van der Waals surface area contributed by atoms with Crippen LogP contribution < -0.4 is 10.1 Å². The zero-order valence-electron chi connectivity index (χ0n) is 18.6. The van der Waals surface area contributed by atoms with Gasteiger partial charge in [0, 0.05) is 24.0 Å². The number of carbonyl (C=O) groups excluding carboxylic acids is 2. The number of nitrogens with zero attached hydrogens (tertiary/aromatic N) is 1. The molecule has 0 aliphatic heterocycles. The molecule has 5 nitrogen and oxygen atoms in total. The Bertz CT molecular complexity index is 829. The predicted octanol–water partition coefficient (Wildman–Crippen LogP) is 5.22. The van der Waals surface area contributed by atoms with Crippen LogP contribution in [0.25, 0.3) is 0 Å². The number of hydrogen-bond donors (Lipinski definition) is 1. The molecule has 0 spiro atoms. The van der Waals surface area contributed by atoms with E-state index in [1.165, 1.54) is 0 Å². The van der Waals surface area contributed by atoms with Crippen LogP contribution in [-0.4, -0.2) is 35.4 Å². The molecule has 0 heterocycles. The molecule has 2 rings (SSSR count). The summed E-state index contributed by atoms with van der Waals surface area (Å²) in [4.78, 5) is 27.7. The van der Waals surface area contributed by atoms with Gasteiger partial charge in [0.05, 0.1) is 6.61 Å². The predicted molar refractivity (Wildman–Crippen MR) is 125 cm³/mol. The molecule has 0 aliphatic carbocycles. The first-order valence-corrected chi connectivity index (χ1v) is 11.3. The number of nitrogens with one attached hydrogen (secondary N) is 1. The van der Waals surface area contributed by atoms with Crippen LogP contribution in [0.3, 0.4) is 0 Å². The second kappa shape index (κ2) is 13.0. The molecule has 0 aromatic heterocycles. The van der Waals surface area contributed by atoms with Crippen LogP contribution in [-0.2, 0) is 16.1 Å². The fourth-order valence-electron chi connectivity index (χ4n) is 3.24. The zero-order valence-corrected chi connectivity index (χ0v) is 19.4. The van der Waals surface area contributed by atoms with E-state index in [1.54, 1.807) is 11.0 Å². The van der Waals surface area contributed by atoms with Crippen molar-refractivity contribution in [3.05, 3.63) is 65.2 Å². The van der Waals surface area contributed by atoms with Crippen molar-refractivity contribution in [1.29, 1.82) is 0 Å². The van der Waals surface area contributed by atoms with Gasteiger partial charge in [0.25, 0.3) is 0 Å². The molecule has 168 valence electrons. The molecule has 2 atom stereocenters. The molecule has 31 heavy (non-hydrogen) atoms. The summed E-state index contributed by atoms with van der Waals surface area (Å²) < 4.78 is 5.70. The molecule has 0 saturated carbocycles. The lowest BCUT2D eigenvalue weighted by atomic mass is 10.1. The van der Waals surface area contributed by atoms with Crippen molar-refractivity contribution in [1.82, 2.24) is 10.2 Å². The minimum absolute atomic E-state index is 0.0538. The van der Waals surface area contributed by atoms with E-state index in [4.69, 9.17) is 16.3 Å². The third-order valence-corrected chi connectivity index (χ3v) is 5.60. The van der Waals surface area contributed by atoms with E-state index in [1.807, 2.05) is 69.3 Å². The first-order valence-electron chi connectivity index (χ1n) is 11.0. The summed E-state index contributed by atoms with van der Waals surface area (Å²) in [7, 11) is 0. The van der Waals surface area contributed by atoms with Gasteiger partial charge < -0.3 is 15.0 Å². The molecule has 1 N–H and O–H groups in total. The first kappa shape index (κ1) is 24.7. The van der Waals surface area contributed by atoms with Crippen LogP contribution in [0.5, 0.6) is 5.75 Å². The zero-order chi connectivity index (χ0) is 22.6. The van der Waals surface area contributed by atoms with Crippen molar-refractivity contribution < 1.29 is 14.3 Å². The number of rotatable bonds is 12. The lowest BCUT2D eigenvalue weighted by Crippen LogP contribution is -2.50.